The third kappa shape index (κ3) is 3.33. The predicted octanol–water partition coefficient (Wildman–Crippen LogP) is 2.76. The molecule has 1 aromatic heterocycles. The Hall–Kier alpha value is -0.800. The fourth-order valence-corrected chi connectivity index (χ4v) is 2.51. The summed E-state index contributed by atoms with van der Waals surface area (Å²) in [5, 5.41) is 3.33. The highest BCUT2D eigenvalue weighted by atomic mass is 16.3. The number of nitrogens with zero attached hydrogens (tertiary/aromatic N) is 1. The van der Waals surface area contributed by atoms with E-state index in [4.69, 9.17) is 4.42 Å². The van der Waals surface area contributed by atoms with Crippen molar-refractivity contribution in [3.05, 3.63) is 23.7 Å². The predicted molar refractivity (Wildman–Crippen MR) is 69.8 cm³/mol. The Balaban J connectivity index is 1.95. The first-order chi connectivity index (χ1) is 8.31. The van der Waals surface area contributed by atoms with Gasteiger partial charge in [0.2, 0.25) is 0 Å². The number of likely N-dealkylation sites (tertiary alicyclic amines) is 1. The second kappa shape index (κ2) is 6.22. The molecule has 0 amide bonds. The highest BCUT2D eigenvalue weighted by molar-refractivity contribution is 5.17. The first-order valence-electron chi connectivity index (χ1n) is 6.81. The lowest BCUT2D eigenvalue weighted by Crippen LogP contribution is -2.36. The molecule has 0 spiro atoms. The Kier molecular flexibility index (Phi) is 4.63. The molecule has 1 saturated heterocycles. The van der Waals surface area contributed by atoms with Crippen molar-refractivity contribution in [3.8, 4) is 0 Å². The molecule has 1 aromatic rings. The first-order valence-corrected chi connectivity index (χ1v) is 6.81. The minimum atomic E-state index is 0.714. The molecule has 1 atom stereocenters. The average molecular weight is 236 g/mol. The summed E-state index contributed by atoms with van der Waals surface area (Å²) < 4.78 is 5.55. The molecule has 1 N–H and O–H groups in total. The average Bonchev–Trinajstić information content (AvgIpc) is 2.77. The lowest BCUT2D eigenvalue weighted by atomic mass is 10.0. The molecule has 1 aliphatic heterocycles. The van der Waals surface area contributed by atoms with Crippen LogP contribution < -0.4 is 5.32 Å². The van der Waals surface area contributed by atoms with Gasteiger partial charge in [-0.15, -0.1) is 0 Å². The fraction of sp³-hybridized carbons (Fsp3) is 0.714. The summed E-state index contributed by atoms with van der Waals surface area (Å²) >= 11 is 0. The fourth-order valence-electron chi connectivity index (χ4n) is 2.51. The molecule has 0 bridgehead atoms. The molecule has 3 nitrogen and oxygen atoms in total. The maximum Gasteiger partial charge on any atom is 0.122 e. The second-order valence-electron chi connectivity index (χ2n) is 4.96. The maximum atomic E-state index is 5.55. The minimum Gasteiger partial charge on any atom is -0.468 e. The largest absolute Gasteiger partial charge is 0.468 e. The number of piperidine rings is 1. The van der Waals surface area contributed by atoms with Crippen molar-refractivity contribution < 1.29 is 4.42 Å². The molecular weight excluding hydrogens is 212 g/mol. The highest BCUT2D eigenvalue weighted by Crippen LogP contribution is 2.21. The SMILES string of the molecule is CCNCc1occc1CN1CCCCC1C. The van der Waals surface area contributed by atoms with Gasteiger partial charge in [0.1, 0.15) is 5.76 Å². The van der Waals surface area contributed by atoms with E-state index in [1.54, 1.807) is 0 Å². The Labute approximate surface area is 104 Å². The molecule has 3 heteroatoms. The number of furan rings is 1. The molecule has 0 aliphatic carbocycles. The van der Waals surface area contributed by atoms with Gasteiger partial charge in [0.05, 0.1) is 12.8 Å². The number of hydrogen-bond acceptors (Lipinski definition) is 3. The van der Waals surface area contributed by atoms with E-state index in [1.165, 1.54) is 31.4 Å². The Morgan fingerprint density at radius 2 is 2.35 bits per heavy atom. The summed E-state index contributed by atoms with van der Waals surface area (Å²) in [6.07, 6.45) is 5.87. The third-order valence-corrected chi connectivity index (χ3v) is 3.69. The Morgan fingerprint density at radius 1 is 1.47 bits per heavy atom. The standard InChI is InChI=1S/C14H24N2O/c1-3-15-10-14-13(7-9-17-14)11-16-8-5-4-6-12(16)2/h7,9,12,15H,3-6,8,10-11H2,1-2H3. The lowest BCUT2D eigenvalue weighted by molar-refractivity contribution is 0.151. The van der Waals surface area contributed by atoms with Crippen molar-refractivity contribution in [3.63, 3.8) is 0 Å². The maximum absolute atomic E-state index is 5.55. The molecule has 2 rings (SSSR count). The van der Waals surface area contributed by atoms with E-state index in [9.17, 15) is 0 Å². The van der Waals surface area contributed by atoms with Crippen molar-refractivity contribution in [1.82, 2.24) is 10.2 Å². The molecule has 0 aromatic carbocycles. The Bertz CT molecular complexity index is 335. The molecule has 0 saturated carbocycles. The van der Waals surface area contributed by atoms with Crippen LogP contribution in [0.15, 0.2) is 16.7 Å². The molecule has 1 unspecified atom stereocenters. The van der Waals surface area contributed by atoms with Crippen LogP contribution in [0.5, 0.6) is 0 Å². The zero-order chi connectivity index (χ0) is 12.1. The molecule has 0 radical (unpaired) electrons. The summed E-state index contributed by atoms with van der Waals surface area (Å²) in [5.41, 5.74) is 1.35. The van der Waals surface area contributed by atoms with Crippen molar-refractivity contribution >= 4 is 0 Å². The van der Waals surface area contributed by atoms with E-state index in [0.717, 1.165) is 25.4 Å². The quantitative estimate of drug-likeness (QED) is 0.852. The van der Waals surface area contributed by atoms with Crippen LogP contribution >= 0.6 is 0 Å². The summed E-state index contributed by atoms with van der Waals surface area (Å²) in [6.45, 7) is 8.56. The van der Waals surface area contributed by atoms with E-state index in [1.807, 2.05) is 6.26 Å². The number of hydrogen-bond donors (Lipinski definition) is 1. The van der Waals surface area contributed by atoms with Crippen LogP contribution in [0.25, 0.3) is 0 Å². The molecule has 2 heterocycles. The van der Waals surface area contributed by atoms with Gasteiger partial charge in [0, 0.05) is 18.2 Å². The second-order valence-corrected chi connectivity index (χ2v) is 4.96. The van der Waals surface area contributed by atoms with Crippen LogP contribution in [0, 0.1) is 0 Å². The van der Waals surface area contributed by atoms with Crippen LogP contribution in [0.4, 0.5) is 0 Å². The minimum absolute atomic E-state index is 0.714. The van der Waals surface area contributed by atoms with Crippen LogP contribution in [0.1, 0.15) is 44.4 Å². The van der Waals surface area contributed by atoms with Gasteiger partial charge >= 0.3 is 0 Å². The molecule has 1 aliphatic rings. The Morgan fingerprint density at radius 3 is 3.12 bits per heavy atom. The smallest absolute Gasteiger partial charge is 0.122 e. The molecule has 17 heavy (non-hydrogen) atoms. The van der Waals surface area contributed by atoms with Gasteiger partial charge < -0.3 is 9.73 Å². The van der Waals surface area contributed by atoms with E-state index in [-0.39, 0.29) is 0 Å². The van der Waals surface area contributed by atoms with Gasteiger partial charge in [-0.25, -0.2) is 0 Å². The molecule has 1 fully saturated rings. The monoisotopic (exact) mass is 236 g/mol. The summed E-state index contributed by atoms with van der Waals surface area (Å²) in [5.74, 6) is 1.10. The van der Waals surface area contributed by atoms with E-state index in [2.05, 4.69) is 30.1 Å². The van der Waals surface area contributed by atoms with Gasteiger partial charge in [-0.1, -0.05) is 13.3 Å². The normalized spacial score (nSPS) is 21.9. The lowest BCUT2D eigenvalue weighted by Gasteiger charge is -2.33. The van der Waals surface area contributed by atoms with E-state index in [0.29, 0.717) is 6.04 Å². The van der Waals surface area contributed by atoms with Crippen LogP contribution in [0.3, 0.4) is 0 Å². The number of rotatable bonds is 5. The van der Waals surface area contributed by atoms with Crippen molar-refractivity contribution in [1.29, 1.82) is 0 Å². The summed E-state index contributed by atoms with van der Waals surface area (Å²) in [4.78, 5) is 2.57. The van der Waals surface area contributed by atoms with Crippen LogP contribution in [0.2, 0.25) is 0 Å². The van der Waals surface area contributed by atoms with E-state index < -0.39 is 0 Å². The zero-order valence-electron chi connectivity index (χ0n) is 11.0. The summed E-state index contributed by atoms with van der Waals surface area (Å²) in [6, 6.07) is 2.83. The number of nitrogens with one attached hydrogen (secondary N) is 1. The molecule has 96 valence electrons. The van der Waals surface area contributed by atoms with Gasteiger partial charge in [-0.2, -0.15) is 0 Å². The van der Waals surface area contributed by atoms with E-state index >= 15 is 0 Å². The van der Waals surface area contributed by atoms with Gasteiger partial charge in [0.25, 0.3) is 0 Å². The summed E-state index contributed by atoms with van der Waals surface area (Å²) in [7, 11) is 0. The van der Waals surface area contributed by atoms with Crippen molar-refractivity contribution in [2.24, 2.45) is 0 Å². The highest BCUT2D eigenvalue weighted by Gasteiger charge is 2.19. The van der Waals surface area contributed by atoms with Crippen molar-refractivity contribution in [2.75, 3.05) is 13.1 Å². The third-order valence-electron chi connectivity index (χ3n) is 3.69. The first kappa shape index (κ1) is 12.7. The van der Waals surface area contributed by atoms with Crippen LogP contribution in [-0.2, 0) is 13.1 Å². The van der Waals surface area contributed by atoms with Gasteiger partial charge in [-0.05, 0) is 38.9 Å². The topological polar surface area (TPSA) is 28.4 Å². The van der Waals surface area contributed by atoms with Gasteiger partial charge in [-0.3, -0.25) is 4.90 Å². The van der Waals surface area contributed by atoms with Crippen LogP contribution in [-0.4, -0.2) is 24.0 Å². The zero-order valence-corrected chi connectivity index (χ0v) is 11.0. The van der Waals surface area contributed by atoms with Gasteiger partial charge in [0.15, 0.2) is 0 Å². The molecular formula is C14H24N2O. The van der Waals surface area contributed by atoms with Crippen molar-refractivity contribution in [2.45, 2.75) is 52.2 Å².